The van der Waals surface area contributed by atoms with Gasteiger partial charge in [0.1, 0.15) is 5.75 Å². The van der Waals surface area contributed by atoms with E-state index in [-0.39, 0.29) is 17.2 Å². The number of nitro benzene ring substituents is 1. The van der Waals surface area contributed by atoms with E-state index in [9.17, 15) is 14.9 Å². The number of aryl methyl sites for hydroxylation is 1. The number of thioether (sulfide) groups is 1. The normalized spacial score (nSPS) is 10.7. The maximum atomic E-state index is 12.7. The van der Waals surface area contributed by atoms with Crippen molar-refractivity contribution in [1.82, 2.24) is 14.8 Å². The van der Waals surface area contributed by atoms with Crippen LogP contribution in [0.25, 0.3) is 17.1 Å². The molecule has 3 aromatic carbocycles. The van der Waals surface area contributed by atoms with E-state index in [4.69, 9.17) is 4.74 Å². The van der Waals surface area contributed by atoms with Crippen LogP contribution in [0.5, 0.6) is 5.75 Å². The summed E-state index contributed by atoms with van der Waals surface area (Å²) in [4.78, 5) is 23.3. The average molecular weight is 461 g/mol. The molecule has 0 saturated heterocycles. The fourth-order valence-corrected chi connectivity index (χ4v) is 4.05. The summed E-state index contributed by atoms with van der Waals surface area (Å²) in [6, 6.07) is 21.0. The van der Waals surface area contributed by atoms with Crippen LogP contribution >= 0.6 is 11.8 Å². The SMILES string of the molecule is COc1ccc(C(=O)CSc2nnc(-c3ccc([N+](=O)[O-])cc3)n2-c2ccc(C)cc2)cc1. The number of nitro groups is 1. The van der Waals surface area contributed by atoms with Gasteiger partial charge in [0, 0.05) is 28.9 Å². The summed E-state index contributed by atoms with van der Waals surface area (Å²) in [5.74, 6) is 1.36. The summed E-state index contributed by atoms with van der Waals surface area (Å²) >= 11 is 1.28. The van der Waals surface area contributed by atoms with Crippen LogP contribution in [-0.2, 0) is 0 Å². The first-order chi connectivity index (χ1) is 16.0. The third-order valence-corrected chi connectivity index (χ3v) is 5.94. The molecule has 0 N–H and O–H groups in total. The number of ketones is 1. The van der Waals surface area contributed by atoms with Gasteiger partial charge in [-0.3, -0.25) is 19.5 Å². The lowest BCUT2D eigenvalue weighted by Crippen LogP contribution is -2.05. The van der Waals surface area contributed by atoms with Gasteiger partial charge in [0.25, 0.3) is 5.69 Å². The van der Waals surface area contributed by atoms with Crippen LogP contribution < -0.4 is 4.74 Å². The number of benzene rings is 3. The highest BCUT2D eigenvalue weighted by Crippen LogP contribution is 2.29. The number of non-ortho nitro benzene ring substituents is 1. The molecule has 0 aliphatic heterocycles. The van der Waals surface area contributed by atoms with Crippen molar-refractivity contribution in [2.45, 2.75) is 12.1 Å². The molecule has 0 aliphatic rings. The molecule has 1 heterocycles. The second kappa shape index (κ2) is 9.66. The highest BCUT2D eigenvalue weighted by molar-refractivity contribution is 7.99. The summed E-state index contributed by atoms with van der Waals surface area (Å²) in [6.45, 7) is 2.00. The van der Waals surface area contributed by atoms with E-state index < -0.39 is 4.92 Å². The predicted molar refractivity (Wildman–Crippen MR) is 126 cm³/mol. The second-order valence-electron chi connectivity index (χ2n) is 7.22. The van der Waals surface area contributed by atoms with E-state index in [1.165, 1.54) is 23.9 Å². The van der Waals surface area contributed by atoms with E-state index in [1.54, 1.807) is 43.5 Å². The van der Waals surface area contributed by atoms with Crippen LogP contribution in [0.15, 0.2) is 78.0 Å². The monoisotopic (exact) mass is 460 g/mol. The maximum absolute atomic E-state index is 12.7. The Morgan fingerprint density at radius 1 is 1.00 bits per heavy atom. The minimum absolute atomic E-state index is 0.000150. The first kappa shape index (κ1) is 22.2. The molecule has 0 amide bonds. The average Bonchev–Trinajstić information content (AvgIpc) is 3.27. The van der Waals surface area contributed by atoms with Crippen molar-refractivity contribution < 1.29 is 14.5 Å². The van der Waals surface area contributed by atoms with Gasteiger partial charge >= 0.3 is 0 Å². The summed E-state index contributed by atoms with van der Waals surface area (Å²) in [5, 5.41) is 20.2. The first-order valence-corrected chi connectivity index (χ1v) is 11.0. The number of rotatable bonds is 8. The molecule has 4 rings (SSSR count). The van der Waals surface area contributed by atoms with E-state index in [1.807, 2.05) is 35.8 Å². The number of carbonyl (C=O) groups is 1. The summed E-state index contributed by atoms with van der Waals surface area (Å²) in [6.07, 6.45) is 0. The van der Waals surface area contributed by atoms with E-state index in [2.05, 4.69) is 10.2 Å². The molecule has 33 heavy (non-hydrogen) atoms. The number of hydrogen-bond acceptors (Lipinski definition) is 7. The number of carbonyl (C=O) groups excluding carboxylic acids is 1. The van der Waals surface area contributed by atoms with E-state index in [0.717, 1.165) is 11.3 Å². The van der Waals surface area contributed by atoms with Crippen molar-refractivity contribution >= 4 is 23.2 Å². The molecule has 0 bridgehead atoms. The van der Waals surface area contributed by atoms with Crippen molar-refractivity contribution in [2.75, 3.05) is 12.9 Å². The van der Waals surface area contributed by atoms with Crippen molar-refractivity contribution in [3.8, 4) is 22.8 Å². The molecule has 4 aromatic rings. The van der Waals surface area contributed by atoms with E-state index >= 15 is 0 Å². The Kier molecular flexibility index (Phi) is 6.50. The summed E-state index contributed by atoms with van der Waals surface area (Å²) in [5.41, 5.74) is 3.20. The molecule has 0 fully saturated rings. The van der Waals surface area contributed by atoms with Gasteiger partial charge in [-0.1, -0.05) is 29.5 Å². The van der Waals surface area contributed by atoms with Gasteiger partial charge in [-0.25, -0.2) is 0 Å². The minimum atomic E-state index is -0.444. The molecule has 0 aliphatic carbocycles. The van der Waals surface area contributed by atoms with Gasteiger partial charge in [0.05, 0.1) is 17.8 Å². The second-order valence-corrected chi connectivity index (χ2v) is 8.16. The van der Waals surface area contributed by atoms with Crippen LogP contribution in [0.2, 0.25) is 0 Å². The van der Waals surface area contributed by atoms with Crippen molar-refractivity contribution in [3.63, 3.8) is 0 Å². The van der Waals surface area contributed by atoms with Crippen LogP contribution in [0, 0.1) is 17.0 Å². The molecule has 0 unspecified atom stereocenters. The number of methoxy groups -OCH3 is 1. The molecular weight excluding hydrogens is 440 g/mol. The first-order valence-electron chi connectivity index (χ1n) is 10.0. The molecule has 166 valence electrons. The Bertz CT molecular complexity index is 1280. The highest BCUT2D eigenvalue weighted by atomic mass is 32.2. The summed E-state index contributed by atoms with van der Waals surface area (Å²) in [7, 11) is 1.58. The summed E-state index contributed by atoms with van der Waals surface area (Å²) < 4.78 is 6.99. The molecule has 0 spiro atoms. The van der Waals surface area contributed by atoms with Crippen molar-refractivity contribution in [3.05, 3.63) is 94.0 Å². The van der Waals surface area contributed by atoms with Crippen molar-refractivity contribution in [1.29, 1.82) is 0 Å². The minimum Gasteiger partial charge on any atom is -0.497 e. The fourth-order valence-electron chi connectivity index (χ4n) is 3.20. The van der Waals surface area contributed by atoms with Crippen LogP contribution in [0.4, 0.5) is 5.69 Å². The van der Waals surface area contributed by atoms with Gasteiger partial charge in [0.15, 0.2) is 16.8 Å². The highest BCUT2D eigenvalue weighted by Gasteiger charge is 2.18. The number of ether oxygens (including phenoxy) is 1. The number of aromatic nitrogens is 3. The predicted octanol–water partition coefficient (Wildman–Crippen LogP) is 5.13. The Labute approximate surface area is 194 Å². The molecule has 8 nitrogen and oxygen atoms in total. The smallest absolute Gasteiger partial charge is 0.269 e. The topological polar surface area (TPSA) is 100 Å². The van der Waals surface area contributed by atoms with Gasteiger partial charge < -0.3 is 4.74 Å². The number of Topliss-reactive ketones (excluding diaryl/α,β-unsaturated/α-hetero) is 1. The number of nitrogens with zero attached hydrogens (tertiary/aromatic N) is 4. The van der Waals surface area contributed by atoms with Crippen LogP contribution in [0.3, 0.4) is 0 Å². The van der Waals surface area contributed by atoms with Crippen molar-refractivity contribution in [2.24, 2.45) is 0 Å². The Hall–Kier alpha value is -3.98. The van der Waals surface area contributed by atoms with Gasteiger partial charge in [-0.2, -0.15) is 0 Å². The Morgan fingerprint density at radius 3 is 2.27 bits per heavy atom. The quantitative estimate of drug-likeness (QED) is 0.155. The molecular formula is C24H20N4O4S. The van der Waals surface area contributed by atoms with Crippen LogP contribution in [0.1, 0.15) is 15.9 Å². The van der Waals surface area contributed by atoms with Gasteiger partial charge in [-0.15, -0.1) is 10.2 Å². The zero-order valence-electron chi connectivity index (χ0n) is 18.0. The maximum Gasteiger partial charge on any atom is 0.269 e. The number of hydrogen-bond donors (Lipinski definition) is 0. The largest absolute Gasteiger partial charge is 0.497 e. The molecule has 0 atom stereocenters. The van der Waals surface area contributed by atoms with Crippen LogP contribution in [-0.4, -0.2) is 38.3 Å². The Balaban J connectivity index is 1.65. The molecule has 1 aromatic heterocycles. The standard InChI is InChI=1S/C24H20N4O4S/c1-16-3-9-19(10-4-16)27-23(18-5-11-20(12-6-18)28(30)31)25-26-24(27)33-15-22(29)17-7-13-21(32-2)14-8-17/h3-14H,15H2,1-2H3. The van der Waals surface area contributed by atoms with E-state index in [0.29, 0.717) is 27.9 Å². The zero-order valence-corrected chi connectivity index (χ0v) is 18.8. The Morgan fingerprint density at radius 2 is 1.67 bits per heavy atom. The lowest BCUT2D eigenvalue weighted by molar-refractivity contribution is -0.384. The lowest BCUT2D eigenvalue weighted by atomic mass is 10.1. The third kappa shape index (κ3) is 4.93. The zero-order chi connectivity index (χ0) is 23.4. The molecule has 0 saturated carbocycles. The molecule has 9 heteroatoms. The lowest BCUT2D eigenvalue weighted by Gasteiger charge is -2.11. The van der Waals surface area contributed by atoms with Gasteiger partial charge in [0.2, 0.25) is 0 Å². The van der Waals surface area contributed by atoms with Gasteiger partial charge in [-0.05, 0) is 55.5 Å². The fraction of sp³-hybridized carbons (Fsp3) is 0.125. The molecule has 0 radical (unpaired) electrons. The third-order valence-electron chi connectivity index (χ3n) is 5.01.